The Labute approximate surface area is 194 Å². The molecular weight excluding hydrogens is 445 g/mol. The van der Waals surface area contributed by atoms with Crippen LogP contribution >= 0.6 is 0 Å². The molecule has 2 fully saturated rings. The van der Waals surface area contributed by atoms with Gasteiger partial charge < -0.3 is 9.64 Å². The van der Waals surface area contributed by atoms with Gasteiger partial charge in [-0.15, -0.1) is 0 Å². The van der Waals surface area contributed by atoms with Gasteiger partial charge in [0.2, 0.25) is 15.9 Å². The van der Waals surface area contributed by atoms with Crippen LogP contribution in [-0.2, 0) is 21.4 Å². The molecule has 2 saturated heterocycles. The summed E-state index contributed by atoms with van der Waals surface area (Å²) in [5.41, 5.74) is 1.26. The lowest BCUT2D eigenvalue weighted by Crippen LogP contribution is -2.51. The van der Waals surface area contributed by atoms with E-state index in [9.17, 15) is 17.6 Å². The van der Waals surface area contributed by atoms with E-state index in [-0.39, 0.29) is 35.6 Å². The van der Waals surface area contributed by atoms with E-state index in [1.165, 1.54) is 29.1 Å². The van der Waals surface area contributed by atoms with Crippen molar-refractivity contribution in [1.29, 1.82) is 0 Å². The van der Waals surface area contributed by atoms with E-state index in [0.717, 1.165) is 25.7 Å². The maximum absolute atomic E-state index is 13.7. The zero-order valence-corrected chi connectivity index (χ0v) is 19.6. The third-order valence-electron chi connectivity index (χ3n) is 6.48. The average molecular weight is 476 g/mol. The van der Waals surface area contributed by atoms with Gasteiger partial charge in [0.25, 0.3) is 0 Å². The number of hydrogen-bond acceptors (Lipinski definition) is 5. The normalized spacial score (nSPS) is 18.9. The number of halogens is 1. The van der Waals surface area contributed by atoms with Gasteiger partial charge in [-0.1, -0.05) is 30.3 Å². The molecule has 0 aliphatic carbocycles. The Bertz CT molecular complexity index is 1060. The summed E-state index contributed by atoms with van der Waals surface area (Å²) in [6.45, 7) is 4.36. The first-order chi connectivity index (χ1) is 15.9. The quantitative estimate of drug-likeness (QED) is 0.642. The standard InChI is InChI=1S/C24H30FN3O4S/c1-32-22-8-7-21(25)17-23(22)33(30,31)28-11-9-20(10-12-28)24(29)27-15-13-26(14-16-27)18-19-5-3-2-4-6-19/h2-8,17,20H,9-16,18H2,1H3. The highest BCUT2D eigenvalue weighted by Gasteiger charge is 2.36. The summed E-state index contributed by atoms with van der Waals surface area (Å²) in [4.78, 5) is 17.1. The smallest absolute Gasteiger partial charge is 0.246 e. The Morgan fingerprint density at radius 3 is 2.30 bits per heavy atom. The molecule has 2 aliphatic rings. The molecule has 9 heteroatoms. The molecule has 4 rings (SSSR count). The van der Waals surface area contributed by atoms with Gasteiger partial charge in [0.1, 0.15) is 16.5 Å². The lowest BCUT2D eigenvalue weighted by molar-refractivity contribution is -0.138. The monoisotopic (exact) mass is 475 g/mol. The lowest BCUT2D eigenvalue weighted by atomic mass is 9.96. The van der Waals surface area contributed by atoms with Crippen molar-refractivity contribution in [2.24, 2.45) is 5.92 Å². The zero-order chi connectivity index (χ0) is 23.4. The van der Waals surface area contributed by atoms with Crippen molar-refractivity contribution in [3.63, 3.8) is 0 Å². The number of carbonyl (C=O) groups excluding carboxylic acids is 1. The van der Waals surface area contributed by atoms with Crippen LogP contribution in [0.2, 0.25) is 0 Å². The van der Waals surface area contributed by atoms with Gasteiger partial charge in [-0.05, 0) is 36.6 Å². The molecule has 0 spiro atoms. The highest BCUT2D eigenvalue weighted by atomic mass is 32.2. The highest BCUT2D eigenvalue weighted by Crippen LogP contribution is 2.31. The molecule has 178 valence electrons. The van der Waals surface area contributed by atoms with Crippen LogP contribution in [-0.4, -0.2) is 74.8 Å². The van der Waals surface area contributed by atoms with E-state index in [2.05, 4.69) is 17.0 Å². The van der Waals surface area contributed by atoms with Crippen LogP contribution in [0.3, 0.4) is 0 Å². The van der Waals surface area contributed by atoms with Crippen LogP contribution in [0, 0.1) is 11.7 Å². The number of rotatable bonds is 6. The molecule has 0 saturated carbocycles. The fourth-order valence-corrected chi connectivity index (χ4v) is 6.20. The molecule has 0 radical (unpaired) electrons. The van der Waals surface area contributed by atoms with Gasteiger partial charge in [-0.2, -0.15) is 4.31 Å². The first kappa shape index (κ1) is 23.7. The predicted octanol–water partition coefficient (Wildman–Crippen LogP) is 2.58. The summed E-state index contributed by atoms with van der Waals surface area (Å²) >= 11 is 0. The number of methoxy groups -OCH3 is 1. The second-order valence-corrected chi connectivity index (χ2v) is 10.5. The highest BCUT2D eigenvalue weighted by molar-refractivity contribution is 7.89. The summed E-state index contributed by atoms with van der Waals surface area (Å²) in [6.07, 6.45) is 0.917. The second kappa shape index (κ2) is 10.2. The van der Waals surface area contributed by atoms with Crippen molar-refractivity contribution in [3.8, 4) is 5.75 Å². The first-order valence-corrected chi connectivity index (χ1v) is 12.7. The number of amides is 1. The summed E-state index contributed by atoms with van der Waals surface area (Å²) < 4.78 is 46.3. The minimum Gasteiger partial charge on any atom is -0.495 e. The van der Waals surface area contributed by atoms with Gasteiger partial charge in [0, 0.05) is 51.7 Å². The number of ether oxygens (including phenoxy) is 1. The number of piperidine rings is 1. The molecule has 0 N–H and O–H groups in total. The Kier molecular flexibility index (Phi) is 7.31. The van der Waals surface area contributed by atoms with Crippen LogP contribution in [0.15, 0.2) is 53.4 Å². The third kappa shape index (κ3) is 5.37. The van der Waals surface area contributed by atoms with Crippen molar-refractivity contribution in [2.45, 2.75) is 24.3 Å². The van der Waals surface area contributed by atoms with E-state index in [4.69, 9.17) is 4.74 Å². The van der Waals surface area contributed by atoms with E-state index in [0.29, 0.717) is 25.9 Å². The lowest BCUT2D eigenvalue weighted by Gasteiger charge is -2.38. The Morgan fingerprint density at radius 1 is 1.00 bits per heavy atom. The van der Waals surface area contributed by atoms with E-state index in [1.54, 1.807) is 0 Å². The topological polar surface area (TPSA) is 70.2 Å². The van der Waals surface area contributed by atoms with Crippen molar-refractivity contribution in [3.05, 3.63) is 59.9 Å². The fourth-order valence-electron chi connectivity index (χ4n) is 4.56. The summed E-state index contributed by atoms with van der Waals surface area (Å²) in [6, 6.07) is 13.8. The molecule has 0 unspecified atom stereocenters. The maximum atomic E-state index is 13.7. The van der Waals surface area contributed by atoms with Gasteiger partial charge >= 0.3 is 0 Å². The summed E-state index contributed by atoms with van der Waals surface area (Å²) in [5.74, 6) is -0.602. The van der Waals surface area contributed by atoms with Crippen LogP contribution in [0.5, 0.6) is 5.75 Å². The SMILES string of the molecule is COc1ccc(F)cc1S(=O)(=O)N1CCC(C(=O)N2CCN(Cc3ccccc3)CC2)CC1. The molecule has 0 aromatic heterocycles. The molecule has 33 heavy (non-hydrogen) atoms. The molecule has 2 aromatic carbocycles. The molecular formula is C24H30FN3O4S. The van der Waals surface area contributed by atoms with Gasteiger partial charge in [0.15, 0.2) is 0 Å². The number of piperazine rings is 1. The summed E-state index contributed by atoms with van der Waals surface area (Å²) in [7, 11) is -2.54. The minimum atomic E-state index is -3.90. The Hall–Kier alpha value is -2.49. The van der Waals surface area contributed by atoms with Crippen LogP contribution in [0.1, 0.15) is 18.4 Å². The van der Waals surface area contributed by atoms with Crippen molar-refractivity contribution in [2.75, 3.05) is 46.4 Å². The van der Waals surface area contributed by atoms with Gasteiger partial charge in [-0.3, -0.25) is 9.69 Å². The molecule has 1 amide bonds. The second-order valence-electron chi connectivity index (χ2n) is 8.56. The van der Waals surface area contributed by atoms with Crippen molar-refractivity contribution < 1.29 is 22.3 Å². The number of sulfonamides is 1. The maximum Gasteiger partial charge on any atom is 0.246 e. The Morgan fingerprint density at radius 2 is 1.67 bits per heavy atom. The number of hydrogen-bond donors (Lipinski definition) is 0. The van der Waals surface area contributed by atoms with Gasteiger partial charge in [-0.25, -0.2) is 12.8 Å². The number of benzene rings is 2. The van der Waals surface area contributed by atoms with E-state index >= 15 is 0 Å². The van der Waals surface area contributed by atoms with Crippen molar-refractivity contribution >= 4 is 15.9 Å². The van der Waals surface area contributed by atoms with Crippen LogP contribution < -0.4 is 4.74 Å². The van der Waals surface area contributed by atoms with Crippen molar-refractivity contribution in [1.82, 2.24) is 14.1 Å². The number of nitrogens with zero attached hydrogens (tertiary/aromatic N) is 3. The van der Waals surface area contributed by atoms with Crippen LogP contribution in [0.4, 0.5) is 4.39 Å². The largest absolute Gasteiger partial charge is 0.495 e. The minimum absolute atomic E-state index is 0.106. The molecule has 0 bridgehead atoms. The molecule has 2 aliphatic heterocycles. The first-order valence-electron chi connectivity index (χ1n) is 11.3. The fraction of sp³-hybridized carbons (Fsp3) is 0.458. The molecule has 0 atom stereocenters. The Balaban J connectivity index is 1.31. The van der Waals surface area contributed by atoms with Crippen LogP contribution in [0.25, 0.3) is 0 Å². The molecule has 2 aromatic rings. The third-order valence-corrected chi connectivity index (χ3v) is 8.40. The number of carbonyl (C=O) groups is 1. The molecule has 2 heterocycles. The molecule has 7 nitrogen and oxygen atoms in total. The zero-order valence-electron chi connectivity index (χ0n) is 18.8. The summed E-state index contributed by atoms with van der Waals surface area (Å²) in [5, 5.41) is 0. The van der Waals surface area contributed by atoms with E-state index in [1.807, 2.05) is 23.1 Å². The van der Waals surface area contributed by atoms with E-state index < -0.39 is 15.8 Å². The van der Waals surface area contributed by atoms with Gasteiger partial charge in [0.05, 0.1) is 7.11 Å². The average Bonchev–Trinajstić information content (AvgIpc) is 2.85. The predicted molar refractivity (Wildman–Crippen MR) is 123 cm³/mol.